The van der Waals surface area contributed by atoms with Crippen LogP contribution in [-0.4, -0.2) is 56.9 Å². The fourth-order valence-corrected chi connectivity index (χ4v) is 4.04. The van der Waals surface area contributed by atoms with E-state index in [2.05, 4.69) is 15.5 Å². The molecule has 166 valence electrons. The first-order valence-corrected chi connectivity index (χ1v) is 10.7. The van der Waals surface area contributed by atoms with Crippen molar-refractivity contribution in [1.29, 1.82) is 0 Å². The van der Waals surface area contributed by atoms with Gasteiger partial charge in [0.1, 0.15) is 11.6 Å². The smallest absolute Gasteiger partial charge is 0.255 e. The van der Waals surface area contributed by atoms with Gasteiger partial charge in [0.05, 0.1) is 23.4 Å². The summed E-state index contributed by atoms with van der Waals surface area (Å²) in [5, 5.41) is 6.31. The minimum Gasteiger partial charge on any atom is -0.496 e. The number of benzene rings is 2. The SMILES string of the molecule is CNc1cc(OC)c(C(=O)NCCN2CCC(C(=O)c3ccc(F)cc3)CC2)cc1Cl. The van der Waals surface area contributed by atoms with Gasteiger partial charge in [-0.3, -0.25) is 9.59 Å². The molecule has 2 aromatic rings. The van der Waals surface area contributed by atoms with Crippen molar-refractivity contribution in [2.24, 2.45) is 5.92 Å². The van der Waals surface area contributed by atoms with Gasteiger partial charge in [-0.05, 0) is 56.3 Å². The number of hydrogen-bond donors (Lipinski definition) is 2. The van der Waals surface area contributed by atoms with Crippen LogP contribution in [0.4, 0.5) is 10.1 Å². The van der Waals surface area contributed by atoms with Crippen molar-refractivity contribution in [2.75, 3.05) is 45.7 Å². The number of hydrogen-bond acceptors (Lipinski definition) is 5. The second kappa shape index (κ2) is 10.6. The molecule has 1 aliphatic rings. The Bertz CT molecular complexity index is 928. The number of ketones is 1. The molecular formula is C23H27ClFN3O3. The third kappa shape index (κ3) is 5.74. The Balaban J connectivity index is 1.47. The van der Waals surface area contributed by atoms with E-state index in [0.29, 0.717) is 40.7 Å². The van der Waals surface area contributed by atoms with E-state index in [9.17, 15) is 14.0 Å². The Morgan fingerprint density at radius 3 is 2.48 bits per heavy atom. The van der Waals surface area contributed by atoms with Gasteiger partial charge in [-0.2, -0.15) is 0 Å². The van der Waals surface area contributed by atoms with Crippen molar-refractivity contribution < 1.29 is 18.7 Å². The molecule has 0 radical (unpaired) electrons. The van der Waals surface area contributed by atoms with E-state index >= 15 is 0 Å². The summed E-state index contributed by atoms with van der Waals surface area (Å²) in [5.41, 5.74) is 1.63. The first-order chi connectivity index (χ1) is 14.9. The summed E-state index contributed by atoms with van der Waals surface area (Å²) >= 11 is 6.20. The van der Waals surface area contributed by atoms with Crippen molar-refractivity contribution in [2.45, 2.75) is 12.8 Å². The van der Waals surface area contributed by atoms with Crippen molar-refractivity contribution in [3.05, 3.63) is 58.4 Å². The van der Waals surface area contributed by atoms with E-state index in [1.807, 2.05) is 0 Å². The quantitative estimate of drug-likeness (QED) is 0.601. The minimum atomic E-state index is -0.341. The molecule has 0 aliphatic carbocycles. The number of likely N-dealkylation sites (tertiary alicyclic amines) is 1. The Morgan fingerprint density at radius 2 is 1.87 bits per heavy atom. The number of amides is 1. The number of anilines is 1. The molecule has 1 aliphatic heterocycles. The molecule has 6 nitrogen and oxygen atoms in total. The molecule has 1 amide bonds. The number of nitrogens with one attached hydrogen (secondary N) is 2. The molecule has 0 unspecified atom stereocenters. The minimum absolute atomic E-state index is 0.0478. The maximum Gasteiger partial charge on any atom is 0.255 e. The fraction of sp³-hybridized carbons (Fsp3) is 0.391. The molecule has 2 aromatic carbocycles. The summed E-state index contributed by atoms with van der Waals surface area (Å²) in [4.78, 5) is 27.4. The number of piperidine rings is 1. The standard InChI is InChI=1S/C23H27ClFN3O3/c1-26-20-14-21(31-2)18(13-19(20)24)23(30)27-9-12-28-10-7-16(8-11-28)22(29)15-3-5-17(25)6-4-15/h3-6,13-14,16,26H,7-12H2,1-2H3,(H,27,30). The number of carbonyl (C=O) groups is 2. The highest BCUT2D eigenvalue weighted by Crippen LogP contribution is 2.30. The average molecular weight is 448 g/mol. The Kier molecular flexibility index (Phi) is 7.87. The molecule has 3 rings (SSSR count). The van der Waals surface area contributed by atoms with Crippen LogP contribution in [0.15, 0.2) is 36.4 Å². The van der Waals surface area contributed by atoms with E-state index in [-0.39, 0.29) is 23.4 Å². The molecular weight excluding hydrogens is 421 g/mol. The molecule has 1 saturated heterocycles. The number of methoxy groups -OCH3 is 1. The Hall–Kier alpha value is -2.64. The molecule has 1 fully saturated rings. The number of carbonyl (C=O) groups excluding carboxylic acids is 2. The molecule has 8 heteroatoms. The zero-order valence-corrected chi connectivity index (χ0v) is 18.5. The van der Waals surface area contributed by atoms with Crippen molar-refractivity contribution in [3.63, 3.8) is 0 Å². The average Bonchev–Trinajstić information content (AvgIpc) is 2.79. The lowest BCUT2D eigenvalue weighted by Gasteiger charge is -2.31. The molecule has 31 heavy (non-hydrogen) atoms. The van der Waals surface area contributed by atoms with Gasteiger partial charge in [0.15, 0.2) is 5.78 Å². The van der Waals surface area contributed by atoms with Crippen LogP contribution < -0.4 is 15.4 Å². The van der Waals surface area contributed by atoms with Gasteiger partial charge >= 0.3 is 0 Å². The van der Waals surface area contributed by atoms with Crippen LogP contribution in [0.2, 0.25) is 5.02 Å². The lowest BCUT2D eigenvalue weighted by molar-refractivity contribution is 0.0839. The Labute approximate surface area is 186 Å². The lowest BCUT2D eigenvalue weighted by Crippen LogP contribution is -2.41. The van der Waals surface area contributed by atoms with E-state index in [4.69, 9.17) is 16.3 Å². The predicted molar refractivity (Wildman–Crippen MR) is 120 cm³/mol. The molecule has 2 N–H and O–H groups in total. The van der Waals surface area contributed by atoms with Gasteiger partial charge in [0.25, 0.3) is 5.91 Å². The molecule has 0 spiro atoms. The van der Waals surface area contributed by atoms with E-state index in [1.165, 1.54) is 19.2 Å². The summed E-state index contributed by atoms with van der Waals surface area (Å²) < 4.78 is 18.4. The second-order valence-corrected chi connectivity index (χ2v) is 7.93. The topological polar surface area (TPSA) is 70.7 Å². The van der Waals surface area contributed by atoms with Crippen molar-refractivity contribution in [1.82, 2.24) is 10.2 Å². The monoisotopic (exact) mass is 447 g/mol. The molecule has 0 saturated carbocycles. The maximum absolute atomic E-state index is 13.1. The summed E-state index contributed by atoms with van der Waals surface area (Å²) in [6.07, 6.45) is 1.50. The fourth-order valence-electron chi connectivity index (χ4n) is 3.78. The summed E-state index contributed by atoms with van der Waals surface area (Å²) in [5.74, 6) is -0.115. The van der Waals surface area contributed by atoms with E-state index < -0.39 is 0 Å². The van der Waals surface area contributed by atoms with Gasteiger partial charge in [-0.1, -0.05) is 11.6 Å². The van der Waals surface area contributed by atoms with Crippen LogP contribution in [-0.2, 0) is 0 Å². The number of nitrogens with zero attached hydrogens (tertiary/aromatic N) is 1. The molecule has 0 atom stereocenters. The van der Waals surface area contributed by atoms with E-state index in [0.717, 1.165) is 25.9 Å². The molecule has 0 bridgehead atoms. The maximum atomic E-state index is 13.1. The van der Waals surface area contributed by atoms with Crippen molar-refractivity contribution in [3.8, 4) is 5.75 Å². The highest BCUT2D eigenvalue weighted by Gasteiger charge is 2.25. The van der Waals surface area contributed by atoms with Crippen LogP contribution in [0.3, 0.4) is 0 Å². The van der Waals surface area contributed by atoms with Crippen LogP contribution in [0, 0.1) is 11.7 Å². The normalized spacial score (nSPS) is 14.8. The second-order valence-electron chi connectivity index (χ2n) is 7.53. The lowest BCUT2D eigenvalue weighted by atomic mass is 9.89. The van der Waals surface area contributed by atoms with Crippen LogP contribution >= 0.6 is 11.6 Å². The first-order valence-electron chi connectivity index (χ1n) is 10.3. The predicted octanol–water partition coefficient (Wildman–Crippen LogP) is 3.85. The third-order valence-corrected chi connectivity index (χ3v) is 5.92. The van der Waals surface area contributed by atoms with Crippen molar-refractivity contribution >= 4 is 29.0 Å². The summed E-state index contributed by atoms with van der Waals surface area (Å²) in [7, 11) is 3.26. The van der Waals surface area contributed by atoms with Gasteiger partial charge < -0.3 is 20.3 Å². The van der Waals surface area contributed by atoms with Gasteiger partial charge in [-0.15, -0.1) is 0 Å². The zero-order chi connectivity index (χ0) is 22.4. The van der Waals surface area contributed by atoms with Crippen LogP contribution in [0.5, 0.6) is 5.75 Å². The molecule has 1 heterocycles. The highest BCUT2D eigenvalue weighted by atomic mass is 35.5. The number of ether oxygens (including phenoxy) is 1. The third-order valence-electron chi connectivity index (χ3n) is 5.60. The highest BCUT2D eigenvalue weighted by molar-refractivity contribution is 6.33. The largest absolute Gasteiger partial charge is 0.496 e. The number of halogens is 2. The van der Waals surface area contributed by atoms with Crippen LogP contribution in [0.1, 0.15) is 33.6 Å². The van der Waals surface area contributed by atoms with Gasteiger partial charge in [0.2, 0.25) is 0 Å². The molecule has 0 aromatic heterocycles. The van der Waals surface area contributed by atoms with Crippen LogP contribution in [0.25, 0.3) is 0 Å². The number of rotatable bonds is 8. The summed E-state index contributed by atoms with van der Waals surface area (Å²) in [6.45, 7) is 2.72. The Morgan fingerprint density at radius 1 is 1.19 bits per heavy atom. The zero-order valence-electron chi connectivity index (χ0n) is 17.7. The summed E-state index contributed by atoms with van der Waals surface area (Å²) in [6, 6.07) is 9.01. The van der Waals surface area contributed by atoms with Gasteiger partial charge in [-0.25, -0.2) is 4.39 Å². The first kappa shape index (κ1) is 23.0. The van der Waals surface area contributed by atoms with Gasteiger partial charge in [0, 0.05) is 37.7 Å². The number of Topliss-reactive ketones (excluding diaryl/α,β-unsaturated/α-hetero) is 1. The van der Waals surface area contributed by atoms with E-state index in [1.54, 1.807) is 31.3 Å².